The third-order valence-electron chi connectivity index (χ3n) is 2.43. The molecule has 2 N–H and O–H groups in total. The molecule has 0 aliphatic rings. The van der Waals surface area contributed by atoms with Crippen molar-refractivity contribution in [2.75, 3.05) is 0 Å². The number of rotatable bonds is 4. The molecule has 0 bridgehead atoms. The first-order valence-electron chi connectivity index (χ1n) is 4.75. The standard InChI is InChI=1S/C10H15N3OS/c1-10(2,8(11)15)4-7-13-6-3-5-12-9(13)14/h3,5-6H,4,7H2,1-2H3,(H2,11,15). The van der Waals surface area contributed by atoms with E-state index in [1.165, 1.54) is 6.20 Å². The van der Waals surface area contributed by atoms with Crippen LogP contribution in [0.2, 0.25) is 0 Å². The lowest BCUT2D eigenvalue weighted by Crippen LogP contribution is -2.32. The molecule has 0 aromatic carbocycles. The van der Waals surface area contributed by atoms with E-state index in [2.05, 4.69) is 4.98 Å². The summed E-state index contributed by atoms with van der Waals surface area (Å²) >= 11 is 4.95. The van der Waals surface area contributed by atoms with Crippen LogP contribution in [0.25, 0.3) is 0 Å². The third kappa shape index (κ3) is 3.13. The number of aryl methyl sites for hydroxylation is 1. The van der Waals surface area contributed by atoms with Crippen LogP contribution in [0.15, 0.2) is 23.3 Å². The van der Waals surface area contributed by atoms with Crippen molar-refractivity contribution in [3.8, 4) is 0 Å². The summed E-state index contributed by atoms with van der Waals surface area (Å²) in [5, 5.41) is 0. The first-order valence-corrected chi connectivity index (χ1v) is 5.16. The molecule has 1 aromatic heterocycles. The Morgan fingerprint density at radius 3 is 2.87 bits per heavy atom. The van der Waals surface area contributed by atoms with Gasteiger partial charge in [-0.2, -0.15) is 0 Å². The van der Waals surface area contributed by atoms with Crippen LogP contribution in [0, 0.1) is 5.41 Å². The summed E-state index contributed by atoms with van der Waals surface area (Å²) in [6.45, 7) is 4.52. The average molecular weight is 225 g/mol. The van der Waals surface area contributed by atoms with Crippen LogP contribution in [0.4, 0.5) is 0 Å². The highest BCUT2D eigenvalue weighted by atomic mass is 32.1. The predicted molar refractivity (Wildman–Crippen MR) is 63.7 cm³/mol. The van der Waals surface area contributed by atoms with Gasteiger partial charge in [0.15, 0.2) is 0 Å². The van der Waals surface area contributed by atoms with Crippen molar-refractivity contribution in [1.29, 1.82) is 0 Å². The first-order chi connectivity index (χ1) is 6.93. The van der Waals surface area contributed by atoms with E-state index in [1.807, 2.05) is 13.8 Å². The van der Waals surface area contributed by atoms with Crippen LogP contribution in [0.5, 0.6) is 0 Å². The largest absolute Gasteiger partial charge is 0.393 e. The molecule has 15 heavy (non-hydrogen) atoms. The van der Waals surface area contributed by atoms with E-state index in [0.29, 0.717) is 11.5 Å². The van der Waals surface area contributed by atoms with E-state index in [-0.39, 0.29) is 11.1 Å². The zero-order chi connectivity index (χ0) is 11.5. The first kappa shape index (κ1) is 11.8. The molecule has 0 radical (unpaired) electrons. The summed E-state index contributed by atoms with van der Waals surface area (Å²) in [5.74, 6) is 0. The van der Waals surface area contributed by atoms with Crippen molar-refractivity contribution in [2.24, 2.45) is 11.1 Å². The molecular formula is C10H15N3OS. The number of thiocarbonyl (C=S) groups is 1. The Kier molecular flexibility index (Phi) is 3.57. The van der Waals surface area contributed by atoms with E-state index in [1.54, 1.807) is 16.8 Å². The quantitative estimate of drug-likeness (QED) is 0.775. The second-order valence-electron chi connectivity index (χ2n) is 4.09. The molecule has 82 valence electrons. The second-order valence-corrected chi connectivity index (χ2v) is 4.53. The van der Waals surface area contributed by atoms with E-state index < -0.39 is 0 Å². The van der Waals surface area contributed by atoms with Crippen molar-refractivity contribution in [1.82, 2.24) is 9.55 Å². The van der Waals surface area contributed by atoms with Gasteiger partial charge < -0.3 is 5.73 Å². The van der Waals surface area contributed by atoms with Gasteiger partial charge in [-0.3, -0.25) is 4.57 Å². The van der Waals surface area contributed by atoms with Gasteiger partial charge in [0.2, 0.25) is 0 Å². The molecule has 4 nitrogen and oxygen atoms in total. The predicted octanol–water partition coefficient (Wildman–Crippen LogP) is 0.946. The van der Waals surface area contributed by atoms with Gasteiger partial charge in [0, 0.05) is 24.4 Å². The summed E-state index contributed by atoms with van der Waals surface area (Å²) in [5.41, 5.74) is 5.13. The van der Waals surface area contributed by atoms with Crippen molar-refractivity contribution < 1.29 is 0 Å². The SMILES string of the molecule is CC(C)(CCn1cccnc1=O)C(N)=S. The van der Waals surface area contributed by atoms with E-state index >= 15 is 0 Å². The summed E-state index contributed by atoms with van der Waals surface area (Å²) in [7, 11) is 0. The van der Waals surface area contributed by atoms with Gasteiger partial charge in [0.25, 0.3) is 0 Å². The molecule has 5 heteroatoms. The van der Waals surface area contributed by atoms with E-state index in [9.17, 15) is 4.79 Å². The minimum atomic E-state index is -0.240. The summed E-state index contributed by atoms with van der Waals surface area (Å²) in [6, 6.07) is 1.73. The Hall–Kier alpha value is -1.23. The van der Waals surface area contributed by atoms with Crippen LogP contribution in [-0.4, -0.2) is 14.5 Å². The zero-order valence-electron chi connectivity index (χ0n) is 8.93. The number of nitrogens with two attached hydrogens (primary N) is 1. The Morgan fingerprint density at radius 2 is 2.33 bits per heavy atom. The van der Waals surface area contributed by atoms with Crippen LogP contribution in [-0.2, 0) is 6.54 Å². The van der Waals surface area contributed by atoms with Crippen LogP contribution in [0.3, 0.4) is 0 Å². The Morgan fingerprint density at radius 1 is 1.67 bits per heavy atom. The maximum absolute atomic E-state index is 11.3. The minimum absolute atomic E-state index is 0.232. The number of hydrogen-bond acceptors (Lipinski definition) is 3. The molecule has 1 aromatic rings. The number of hydrogen-bond donors (Lipinski definition) is 1. The normalized spacial score (nSPS) is 11.3. The van der Waals surface area contributed by atoms with E-state index in [0.717, 1.165) is 6.42 Å². The maximum atomic E-state index is 11.3. The Balaban J connectivity index is 2.70. The highest BCUT2D eigenvalue weighted by Gasteiger charge is 2.20. The average Bonchev–Trinajstić information content (AvgIpc) is 2.16. The van der Waals surface area contributed by atoms with Crippen LogP contribution < -0.4 is 11.4 Å². The fourth-order valence-electron chi connectivity index (χ4n) is 1.08. The molecule has 0 saturated heterocycles. The van der Waals surface area contributed by atoms with Gasteiger partial charge in [-0.25, -0.2) is 9.78 Å². The molecule has 1 rings (SSSR count). The van der Waals surface area contributed by atoms with Gasteiger partial charge in [-0.05, 0) is 12.5 Å². The molecule has 0 amide bonds. The van der Waals surface area contributed by atoms with Crippen molar-refractivity contribution in [3.63, 3.8) is 0 Å². The lowest BCUT2D eigenvalue weighted by atomic mass is 9.89. The molecular weight excluding hydrogens is 210 g/mol. The van der Waals surface area contributed by atoms with Crippen molar-refractivity contribution in [2.45, 2.75) is 26.8 Å². The zero-order valence-corrected chi connectivity index (χ0v) is 9.75. The molecule has 0 aliphatic carbocycles. The third-order valence-corrected chi connectivity index (χ3v) is 2.98. The highest BCUT2D eigenvalue weighted by molar-refractivity contribution is 7.80. The Bertz CT molecular complexity index is 411. The minimum Gasteiger partial charge on any atom is -0.393 e. The lowest BCUT2D eigenvalue weighted by molar-refractivity contribution is 0.427. The topological polar surface area (TPSA) is 60.9 Å². The lowest BCUT2D eigenvalue weighted by Gasteiger charge is -2.22. The molecule has 0 saturated carbocycles. The molecule has 0 unspecified atom stereocenters. The van der Waals surface area contributed by atoms with Crippen LogP contribution >= 0.6 is 12.2 Å². The molecule has 0 atom stereocenters. The highest BCUT2D eigenvalue weighted by Crippen LogP contribution is 2.20. The fraction of sp³-hybridized carbons (Fsp3) is 0.500. The summed E-state index contributed by atoms with van der Waals surface area (Å²) in [6.07, 6.45) is 3.93. The molecule has 0 fully saturated rings. The summed E-state index contributed by atoms with van der Waals surface area (Å²) in [4.78, 5) is 15.4. The fourth-order valence-corrected chi connectivity index (χ4v) is 1.18. The van der Waals surface area contributed by atoms with Crippen molar-refractivity contribution in [3.05, 3.63) is 28.9 Å². The molecule has 1 heterocycles. The summed E-state index contributed by atoms with van der Waals surface area (Å²) < 4.78 is 1.56. The van der Waals surface area contributed by atoms with Gasteiger partial charge >= 0.3 is 5.69 Å². The van der Waals surface area contributed by atoms with Gasteiger partial charge in [0.1, 0.15) is 0 Å². The second kappa shape index (κ2) is 4.53. The van der Waals surface area contributed by atoms with E-state index in [4.69, 9.17) is 18.0 Å². The smallest absolute Gasteiger partial charge is 0.347 e. The molecule has 0 spiro atoms. The maximum Gasteiger partial charge on any atom is 0.347 e. The monoisotopic (exact) mass is 225 g/mol. The Labute approximate surface area is 94.1 Å². The van der Waals surface area contributed by atoms with Crippen molar-refractivity contribution >= 4 is 17.2 Å². The van der Waals surface area contributed by atoms with Gasteiger partial charge in [-0.1, -0.05) is 26.1 Å². The number of nitrogens with zero attached hydrogens (tertiary/aromatic N) is 2. The van der Waals surface area contributed by atoms with Gasteiger partial charge in [0.05, 0.1) is 4.99 Å². The number of aromatic nitrogens is 2. The van der Waals surface area contributed by atoms with Crippen LogP contribution in [0.1, 0.15) is 20.3 Å². The van der Waals surface area contributed by atoms with Gasteiger partial charge in [-0.15, -0.1) is 0 Å². The molecule has 0 aliphatic heterocycles.